The maximum Gasteiger partial charge on any atom is 0.256 e. The molecule has 1 aromatic carbocycles. The second-order valence-electron chi connectivity index (χ2n) is 4.38. The summed E-state index contributed by atoms with van der Waals surface area (Å²) in [6, 6.07) is 1.94. The lowest BCUT2D eigenvalue weighted by Gasteiger charge is -2.16. The van der Waals surface area contributed by atoms with E-state index in [9.17, 15) is 13.6 Å². The SMILES string of the molecule is Cc1cc(C(=O)N2CC[C@H](N)C2)c(F)cc1F. The number of halogens is 2. The number of carbonyl (C=O) groups excluding carboxylic acids is 1. The summed E-state index contributed by atoms with van der Waals surface area (Å²) < 4.78 is 26.6. The number of likely N-dealkylation sites (tertiary alicyclic amines) is 1. The molecule has 92 valence electrons. The Morgan fingerprint density at radius 1 is 1.41 bits per heavy atom. The van der Waals surface area contributed by atoms with E-state index in [-0.39, 0.29) is 17.2 Å². The van der Waals surface area contributed by atoms with E-state index in [0.29, 0.717) is 19.5 Å². The average Bonchev–Trinajstić information content (AvgIpc) is 2.69. The molecule has 0 aromatic heterocycles. The summed E-state index contributed by atoms with van der Waals surface area (Å²) in [6.07, 6.45) is 0.716. The molecule has 5 heteroatoms. The summed E-state index contributed by atoms with van der Waals surface area (Å²) in [7, 11) is 0. The van der Waals surface area contributed by atoms with Crippen molar-refractivity contribution in [1.29, 1.82) is 0 Å². The lowest BCUT2D eigenvalue weighted by molar-refractivity contribution is 0.0786. The third-order valence-corrected chi connectivity index (χ3v) is 2.99. The number of carbonyl (C=O) groups is 1. The van der Waals surface area contributed by atoms with Crippen LogP contribution in [0, 0.1) is 18.6 Å². The Labute approximate surface area is 98.2 Å². The molecule has 1 amide bonds. The van der Waals surface area contributed by atoms with Gasteiger partial charge in [-0.15, -0.1) is 0 Å². The Kier molecular flexibility index (Phi) is 3.11. The van der Waals surface area contributed by atoms with E-state index < -0.39 is 17.5 Å². The minimum absolute atomic E-state index is 0.0523. The molecule has 1 aliphatic rings. The van der Waals surface area contributed by atoms with Crippen LogP contribution in [-0.2, 0) is 0 Å². The Hall–Kier alpha value is -1.49. The summed E-state index contributed by atoms with van der Waals surface area (Å²) in [5.74, 6) is -1.88. The van der Waals surface area contributed by atoms with Crippen molar-refractivity contribution in [1.82, 2.24) is 4.90 Å². The second kappa shape index (κ2) is 4.41. The Balaban J connectivity index is 2.28. The normalized spacial score (nSPS) is 19.8. The van der Waals surface area contributed by atoms with Crippen molar-refractivity contribution in [3.8, 4) is 0 Å². The van der Waals surface area contributed by atoms with Crippen molar-refractivity contribution in [3.05, 3.63) is 34.9 Å². The topological polar surface area (TPSA) is 46.3 Å². The minimum Gasteiger partial charge on any atom is -0.337 e. The molecule has 0 radical (unpaired) electrons. The zero-order valence-corrected chi connectivity index (χ0v) is 9.54. The number of amides is 1. The number of nitrogens with zero attached hydrogens (tertiary/aromatic N) is 1. The highest BCUT2D eigenvalue weighted by Crippen LogP contribution is 2.18. The number of aryl methyl sites for hydroxylation is 1. The molecule has 0 aliphatic carbocycles. The largest absolute Gasteiger partial charge is 0.337 e. The zero-order valence-electron chi connectivity index (χ0n) is 9.54. The van der Waals surface area contributed by atoms with Crippen LogP contribution >= 0.6 is 0 Å². The minimum atomic E-state index is -0.821. The molecule has 3 nitrogen and oxygen atoms in total. The van der Waals surface area contributed by atoms with E-state index in [1.807, 2.05) is 0 Å². The van der Waals surface area contributed by atoms with Gasteiger partial charge in [0.2, 0.25) is 0 Å². The van der Waals surface area contributed by atoms with Crippen molar-refractivity contribution in [2.75, 3.05) is 13.1 Å². The third kappa shape index (κ3) is 2.29. The van der Waals surface area contributed by atoms with E-state index in [0.717, 1.165) is 6.07 Å². The zero-order chi connectivity index (χ0) is 12.6. The summed E-state index contributed by atoms with van der Waals surface area (Å²) >= 11 is 0. The van der Waals surface area contributed by atoms with Gasteiger partial charge in [0.15, 0.2) is 0 Å². The fourth-order valence-electron chi connectivity index (χ4n) is 1.96. The van der Waals surface area contributed by atoms with E-state index in [1.54, 1.807) is 0 Å². The monoisotopic (exact) mass is 240 g/mol. The van der Waals surface area contributed by atoms with Crippen LogP contribution in [0.25, 0.3) is 0 Å². The molecule has 0 spiro atoms. The van der Waals surface area contributed by atoms with Gasteiger partial charge in [-0.1, -0.05) is 0 Å². The molecular formula is C12H14F2N2O. The van der Waals surface area contributed by atoms with Gasteiger partial charge in [-0.2, -0.15) is 0 Å². The predicted molar refractivity (Wildman–Crippen MR) is 59.6 cm³/mol. The number of benzene rings is 1. The van der Waals surface area contributed by atoms with Gasteiger partial charge in [-0.3, -0.25) is 4.79 Å². The van der Waals surface area contributed by atoms with Gasteiger partial charge < -0.3 is 10.6 Å². The van der Waals surface area contributed by atoms with Crippen molar-refractivity contribution in [2.24, 2.45) is 5.73 Å². The maximum atomic E-state index is 13.5. The number of hydrogen-bond donors (Lipinski definition) is 1. The first kappa shape index (κ1) is 12.0. The second-order valence-corrected chi connectivity index (χ2v) is 4.38. The fourth-order valence-corrected chi connectivity index (χ4v) is 1.96. The van der Waals surface area contributed by atoms with Gasteiger partial charge in [0.25, 0.3) is 5.91 Å². The van der Waals surface area contributed by atoms with E-state index in [4.69, 9.17) is 5.73 Å². The summed E-state index contributed by atoms with van der Waals surface area (Å²) in [6.45, 7) is 2.45. The van der Waals surface area contributed by atoms with Crippen molar-refractivity contribution in [2.45, 2.75) is 19.4 Å². The van der Waals surface area contributed by atoms with Crippen LogP contribution in [0.15, 0.2) is 12.1 Å². The van der Waals surface area contributed by atoms with Gasteiger partial charge >= 0.3 is 0 Å². The molecule has 2 rings (SSSR count). The smallest absolute Gasteiger partial charge is 0.256 e. The lowest BCUT2D eigenvalue weighted by atomic mass is 10.1. The van der Waals surface area contributed by atoms with E-state index in [2.05, 4.69) is 0 Å². The van der Waals surface area contributed by atoms with Gasteiger partial charge in [0.1, 0.15) is 11.6 Å². The lowest BCUT2D eigenvalue weighted by Crippen LogP contribution is -2.32. The van der Waals surface area contributed by atoms with Gasteiger partial charge in [-0.05, 0) is 25.0 Å². The summed E-state index contributed by atoms with van der Waals surface area (Å²) in [4.78, 5) is 13.5. The molecule has 1 heterocycles. The summed E-state index contributed by atoms with van der Waals surface area (Å²) in [5.41, 5.74) is 5.86. The number of rotatable bonds is 1. The Morgan fingerprint density at radius 3 is 2.71 bits per heavy atom. The highest BCUT2D eigenvalue weighted by Gasteiger charge is 2.26. The molecule has 0 saturated carbocycles. The van der Waals surface area contributed by atoms with Crippen LogP contribution in [0.3, 0.4) is 0 Å². The van der Waals surface area contributed by atoms with Crippen LogP contribution in [0.5, 0.6) is 0 Å². The highest BCUT2D eigenvalue weighted by molar-refractivity contribution is 5.94. The van der Waals surface area contributed by atoms with Crippen molar-refractivity contribution in [3.63, 3.8) is 0 Å². The van der Waals surface area contributed by atoms with E-state index in [1.165, 1.54) is 17.9 Å². The molecule has 2 N–H and O–H groups in total. The molecule has 0 bridgehead atoms. The first-order chi connectivity index (χ1) is 7.99. The highest BCUT2D eigenvalue weighted by atomic mass is 19.1. The van der Waals surface area contributed by atoms with Gasteiger partial charge in [-0.25, -0.2) is 8.78 Å². The maximum absolute atomic E-state index is 13.5. The quantitative estimate of drug-likeness (QED) is 0.807. The predicted octanol–water partition coefficient (Wildman–Crippen LogP) is 1.45. The Morgan fingerprint density at radius 2 is 2.12 bits per heavy atom. The molecule has 1 aliphatic heterocycles. The third-order valence-electron chi connectivity index (χ3n) is 2.99. The summed E-state index contributed by atoms with van der Waals surface area (Å²) in [5, 5.41) is 0. The fraction of sp³-hybridized carbons (Fsp3) is 0.417. The van der Waals surface area contributed by atoms with Crippen LogP contribution < -0.4 is 5.73 Å². The van der Waals surface area contributed by atoms with Crippen molar-refractivity contribution < 1.29 is 13.6 Å². The van der Waals surface area contributed by atoms with Crippen LogP contribution in [0.2, 0.25) is 0 Å². The molecule has 1 aromatic rings. The van der Waals surface area contributed by atoms with Crippen LogP contribution in [0.4, 0.5) is 8.78 Å². The van der Waals surface area contributed by atoms with Gasteiger partial charge in [0, 0.05) is 25.2 Å². The molecule has 1 atom stereocenters. The van der Waals surface area contributed by atoms with Crippen molar-refractivity contribution >= 4 is 5.91 Å². The Bertz CT molecular complexity index is 462. The molecule has 0 unspecified atom stereocenters. The van der Waals surface area contributed by atoms with Crippen LogP contribution in [-0.4, -0.2) is 29.9 Å². The number of nitrogens with two attached hydrogens (primary N) is 1. The first-order valence-electron chi connectivity index (χ1n) is 5.49. The van der Waals surface area contributed by atoms with E-state index >= 15 is 0 Å². The molecule has 17 heavy (non-hydrogen) atoms. The molecule has 1 fully saturated rings. The first-order valence-corrected chi connectivity index (χ1v) is 5.49. The standard InChI is InChI=1S/C12H14F2N2O/c1-7-4-9(11(14)5-10(7)13)12(17)16-3-2-8(15)6-16/h4-5,8H,2-3,6,15H2,1H3/t8-/m0/s1. The molecule has 1 saturated heterocycles. The number of hydrogen-bond acceptors (Lipinski definition) is 2. The molecular weight excluding hydrogens is 226 g/mol. The van der Waals surface area contributed by atoms with Crippen LogP contribution in [0.1, 0.15) is 22.3 Å². The average molecular weight is 240 g/mol. The van der Waals surface area contributed by atoms with Gasteiger partial charge in [0.05, 0.1) is 5.56 Å².